The fraction of sp³-hybridized carbons (Fsp3) is 0.600. The van der Waals surface area contributed by atoms with Gasteiger partial charge in [0, 0.05) is 88.8 Å². The normalized spacial score (nSPS) is 20.0. The van der Waals surface area contributed by atoms with Gasteiger partial charge in [0.1, 0.15) is 5.60 Å². The van der Waals surface area contributed by atoms with Crippen LogP contribution in [0.15, 0.2) is 36.4 Å². The van der Waals surface area contributed by atoms with Crippen molar-refractivity contribution >= 4 is 35.5 Å². The number of rotatable bonds is 6. The van der Waals surface area contributed by atoms with E-state index >= 15 is 0 Å². The molecular weight excluding hydrogens is 674 g/mol. The molecule has 2 aromatic rings. The lowest BCUT2D eigenvalue weighted by atomic mass is 9.99. The van der Waals surface area contributed by atoms with Crippen molar-refractivity contribution in [3.8, 4) is 0 Å². The molecule has 0 saturated carbocycles. The summed E-state index contributed by atoms with van der Waals surface area (Å²) in [7, 11) is 0. The molecule has 0 aromatic heterocycles. The first-order valence-electron chi connectivity index (χ1n) is 19.2. The van der Waals surface area contributed by atoms with Crippen molar-refractivity contribution in [3.63, 3.8) is 0 Å². The Kier molecular flexibility index (Phi) is 11.7. The third kappa shape index (κ3) is 9.35. The summed E-state index contributed by atoms with van der Waals surface area (Å²) in [5.41, 5.74) is 11.1. The van der Waals surface area contributed by atoms with Gasteiger partial charge in [-0.15, -0.1) is 0 Å². The van der Waals surface area contributed by atoms with E-state index in [2.05, 4.69) is 10.2 Å². The molecule has 53 heavy (non-hydrogen) atoms. The number of piperidine rings is 2. The highest BCUT2D eigenvalue weighted by Crippen LogP contribution is 2.27. The van der Waals surface area contributed by atoms with E-state index in [1.807, 2.05) is 80.8 Å². The van der Waals surface area contributed by atoms with Crippen LogP contribution in [0.25, 0.3) is 0 Å². The number of nitrogen functional groups attached to an aromatic ring is 1. The number of carbonyl (C=O) groups excluding carboxylic acids is 4. The highest BCUT2D eigenvalue weighted by Gasteiger charge is 2.37. The van der Waals surface area contributed by atoms with Crippen molar-refractivity contribution in [2.45, 2.75) is 96.9 Å². The average molecular weight is 732 g/mol. The summed E-state index contributed by atoms with van der Waals surface area (Å²) in [4.78, 5) is 63.2. The molecule has 0 aliphatic carbocycles. The lowest BCUT2D eigenvalue weighted by molar-refractivity contribution is -0.143. The number of benzene rings is 2. The Morgan fingerprint density at radius 2 is 1.40 bits per heavy atom. The quantitative estimate of drug-likeness (QED) is 0.395. The number of hydrogen-bond acceptors (Lipinski definition) is 8. The van der Waals surface area contributed by atoms with Gasteiger partial charge in [0.05, 0.1) is 0 Å². The predicted octanol–water partition coefficient (Wildman–Crippen LogP) is 5.03. The van der Waals surface area contributed by atoms with E-state index in [4.69, 9.17) is 15.2 Å². The minimum Gasteiger partial charge on any atom is -0.444 e. The van der Waals surface area contributed by atoms with Crippen molar-refractivity contribution in [1.29, 1.82) is 0 Å². The Bertz CT molecular complexity index is 1630. The Morgan fingerprint density at radius 3 is 2.02 bits per heavy atom. The lowest BCUT2D eigenvalue weighted by Gasteiger charge is -2.43. The number of carbonyl (C=O) groups is 4. The molecule has 0 unspecified atom stereocenters. The zero-order valence-electron chi connectivity index (χ0n) is 32.1. The van der Waals surface area contributed by atoms with Gasteiger partial charge in [-0.25, -0.2) is 14.4 Å². The summed E-state index contributed by atoms with van der Waals surface area (Å²) in [6.07, 6.45) is 2.24. The van der Waals surface area contributed by atoms with Crippen molar-refractivity contribution in [1.82, 2.24) is 24.5 Å². The Morgan fingerprint density at radius 1 is 0.811 bits per heavy atom. The Balaban J connectivity index is 1.05. The van der Waals surface area contributed by atoms with Crippen LogP contribution in [0.5, 0.6) is 0 Å². The number of urea groups is 1. The van der Waals surface area contributed by atoms with Crippen LogP contribution in [0, 0.1) is 13.8 Å². The molecule has 5 amide bonds. The SMILES string of the molecule is Cc1cc(C[C@@H](OC(=O)N2CCC(N3CCc4ccccc4NC3=O)CC2)C(=O)N2CCN(C3CCN(C(=O)OC(C)(C)C)CC3)CC2)cc(C)c1N. The molecule has 1 atom stereocenters. The van der Waals surface area contributed by atoms with Gasteiger partial charge in [-0.1, -0.05) is 30.3 Å². The van der Waals surface area contributed by atoms with Gasteiger partial charge in [0.2, 0.25) is 0 Å². The van der Waals surface area contributed by atoms with Crippen LogP contribution in [-0.4, -0.2) is 131 Å². The van der Waals surface area contributed by atoms with Crippen LogP contribution in [0.2, 0.25) is 0 Å². The summed E-state index contributed by atoms with van der Waals surface area (Å²) >= 11 is 0. The van der Waals surface area contributed by atoms with E-state index in [1.165, 1.54) is 0 Å². The molecule has 4 aliphatic heterocycles. The van der Waals surface area contributed by atoms with Crippen LogP contribution in [0.1, 0.15) is 68.7 Å². The third-order valence-corrected chi connectivity index (χ3v) is 11.2. The van der Waals surface area contributed by atoms with E-state index in [0.29, 0.717) is 83.5 Å². The second-order valence-corrected chi connectivity index (χ2v) is 16.0. The minimum absolute atomic E-state index is 0.00682. The summed E-state index contributed by atoms with van der Waals surface area (Å²) in [6, 6.07) is 12.0. The number of nitrogens with one attached hydrogen (secondary N) is 1. The Hall–Kier alpha value is -4.52. The van der Waals surface area contributed by atoms with Gasteiger partial charge < -0.3 is 40.1 Å². The number of ether oxygens (including phenoxy) is 2. The molecule has 0 spiro atoms. The van der Waals surface area contributed by atoms with Crippen molar-refractivity contribution < 1.29 is 28.7 Å². The molecule has 288 valence electrons. The van der Waals surface area contributed by atoms with E-state index in [1.54, 1.807) is 9.80 Å². The van der Waals surface area contributed by atoms with Crippen LogP contribution in [-0.2, 0) is 27.1 Å². The van der Waals surface area contributed by atoms with Gasteiger partial charge in [-0.2, -0.15) is 0 Å². The molecule has 0 radical (unpaired) electrons. The number of nitrogens with zero attached hydrogens (tertiary/aromatic N) is 5. The maximum atomic E-state index is 14.2. The standard InChI is InChI=1S/C40H57N7O6/c1-27-24-29(25-28(2)35(27)41)26-34(36(48)44-22-20-43(21-23-44)31-11-15-46(16-12-31)39(51)53-40(3,4)5)52-38(50)45-17-13-32(14-18-45)47-19-10-30-8-6-7-9-33(30)42-37(47)49/h6-9,24-25,31-32,34H,10-23,26,41H2,1-5H3,(H,42,49)/t34-/m1/s1. The largest absolute Gasteiger partial charge is 0.444 e. The first kappa shape index (κ1) is 38.2. The molecule has 2 aromatic carbocycles. The highest BCUT2D eigenvalue weighted by atomic mass is 16.6. The number of para-hydroxylation sites is 1. The first-order chi connectivity index (χ1) is 25.3. The van der Waals surface area contributed by atoms with E-state index in [-0.39, 0.29) is 30.5 Å². The topological polar surface area (TPSA) is 141 Å². The van der Waals surface area contributed by atoms with Crippen LogP contribution in [0.4, 0.5) is 25.8 Å². The smallest absolute Gasteiger partial charge is 0.410 e. The highest BCUT2D eigenvalue weighted by molar-refractivity contribution is 5.91. The van der Waals surface area contributed by atoms with Crippen molar-refractivity contribution in [3.05, 3.63) is 58.7 Å². The molecule has 3 fully saturated rings. The molecular formula is C40H57N7O6. The molecule has 3 N–H and O–H groups in total. The number of amides is 5. The molecule has 0 bridgehead atoms. The average Bonchev–Trinajstić information content (AvgIpc) is 3.30. The zero-order valence-corrected chi connectivity index (χ0v) is 32.1. The number of likely N-dealkylation sites (tertiary alicyclic amines) is 2. The second-order valence-electron chi connectivity index (χ2n) is 16.0. The van der Waals surface area contributed by atoms with E-state index in [0.717, 1.165) is 47.2 Å². The molecule has 4 heterocycles. The maximum Gasteiger partial charge on any atom is 0.410 e. The predicted molar refractivity (Wildman–Crippen MR) is 204 cm³/mol. The minimum atomic E-state index is -0.985. The zero-order chi connectivity index (χ0) is 37.9. The van der Waals surface area contributed by atoms with Crippen molar-refractivity contribution in [2.24, 2.45) is 0 Å². The second kappa shape index (κ2) is 16.2. The number of aryl methyl sites for hydroxylation is 2. The number of anilines is 2. The molecule has 3 saturated heterocycles. The number of piperazine rings is 1. The number of nitrogens with two attached hydrogens (primary N) is 1. The summed E-state index contributed by atoms with van der Waals surface area (Å²) in [5, 5.41) is 3.05. The van der Waals surface area contributed by atoms with Gasteiger partial charge in [0.15, 0.2) is 6.10 Å². The monoisotopic (exact) mass is 731 g/mol. The molecule has 4 aliphatic rings. The Labute approximate surface area is 313 Å². The van der Waals surface area contributed by atoms with Crippen molar-refractivity contribution in [2.75, 3.05) is 70.0 Å². The van der Waals surface area contributed by atoms with Gasteiger partial charge in [-0.05, 0) is 95.0 Å². The molecule has 6 rings (SSSR count). The molecule has 13 heteroatoms. The van der Waals surface area contributed by atoms with Crippen LogP contribution < -0.4 is 11.1 Å². The fourth-order valence-electron chi connectivity index (χ4n) is 8.12. The summed E-state index contributed by atoms with van der Waals surface area (Å²) < 4.78 is 11.7. The first-order valence-corrected chi connectivity index (χ1v) is 19.2. The number of hydrogen-bond donors (Lipinski definition) is 2. The van der Waals surface area contributed by atoms with Gasteiger partial charge in [0.25, 0.3) is 5.91 Å². The van der Waals surface area contributed by atoms with Gasteiger partial charge >= 0.3 is 18.2 Å². The summed E-state index contributed by atoms with van der Waals surface area (Å²) in [6.45, 7) is 14.8. The van der Waals surface area contributed by atoms with E-state index in [9.17, 15) is 19.2 Å². The lowest BCUT2D eigenvalue weighted by Crippen LogP contribution is -2.57. The maximum absolute atomic E-state index is 14.2. The third-order valence-electron chi connectivity index (χ3n) is 11.2. The molecule has 13 nitrogen and oxygen atoms in total. The van der Waals surface area contributed by atoms with Crippen LogP contribution in [0.3, 0.4) is 0 Å². The number of fused-ring (bicyclic) bond motifs is 1. The fourth-order valence-corrected chi connectivity index (χ4v) is 8.12. The van der Waals surface area contributed by atoms with Gasteiger partial charge in [-0.3, -0.25) is 9.69 Å². The van der Waals surface area contributed by atoms with E-state index < -0.39 is 17.8 Å². The van der Waals surface area contributed by atoms with Crippen LogP contribution >= 0.6 is 0 Å². The summed E-state index contributed by atoms with van der Waals surface area (Å²) in [5.74, 6) is -0.194.